The van der Waals surface area contributed by atoms with Crippen molar-refractivity contribution >= 4 is 54.6 Å². The van der Waals surface area contributed by atoms with Crippen LogP contribution in [0.1, 0.15) is 29.5 Å². The summed E-state index contributed by atoms with van der Waals surface area (Å²) in [5.41, 5.74) is 8.65. The molecule has 2 aliphatic carbocycles. The van der Waals surface area contributed by atoms with Crippen LogP contribution in [-0.4, -0.2) is 6.88 Å². The minimum atomic E-state index is -3.25. The molecule has 0 saturated heterocycles. The third-order valence-electron chi connectivity index (χ3n) is 7.85. The van der Waals surface area contributed by atoms with Gasteiger partial charge in [0.15, 0.2) is 0 Å². The van der Waals surface area contributed by atoms with E-state index in [0.29, 0.717) is 7.25 Å². The standard InChI is InChI=1S/C19H13.C9H7.2CH3.2ClH.H2Si.Zr/c1-2-10-16-14(6-1)8-4-12-18(16)19-13-5-9-15-7-3-11-17(15)19;1-2-5-9-7-3-6-8(9)4-1;;;;;;/h1-13H;1-7H;2*1H3;2*1H;1H2;. The van der Waals surface area contributed by atoms with Crippen LogP contribution >= 0.6 is 24.8 Å². The van der Waals surface area contributed by atoms with E-state index in [1.807, 2.05) is 0 Å². The summed E-state index contributed by atoms with van der Waals surface area (Å²) >= 11 is -3.25. The molecule has 6 rings (SSSR count). The maximum absolute atomic E-state index is 3.25. The van der Waals surface area contributed by atoms with Crippen molar-refractivity contribution in [2.45, 2.75) is 16.5 Å². The Morgan fingerprint density at radius 1 is 0.618 bits per heavy atom. The van der Waals surface area contributed by atoms with E-state index in [-0.39, 0.29) is 24.8 Å². The fourth-order valence-electron chi connectivity index (χ4n) is 6.13. The second-order valence-electron chi connectivity index (χ2n) is 10.6. The summed E-state index contributed by atoms with van der Waals surface area (Å²) in [6.45, 7) is 2.39. The molecule has 0 N–H and O–H groups in total. The normalized spacial score (nSPS) is 18.2. The number of fused-ring (bicyclic) bond motifs is 3. The zero-order valence-corrected chi connectivity index (χ0v) is 25.1. The molecule has 4 aromatic rings. The average molecular weight is 581 g/mol. The van der Waals surface area contributed by atoms with Gasteiger partial charge in [-0.2, -0.15) is 0 Å². The van der Waals surface area contributed by atoms with Gasteiger partial charge in [-0.05, 0) is 0 Å². The Balaban J connectivity index is 0.00000137. The van der Waals surface area contributed by atoms with Gasteiger partial charge in [0.1, 0.15) is 0 Å². The molecule has 0 nitrogen and oxygen atoms in total. The molecule has 0 amide bonds. The van der Waals surface area contributed by atoms with Gasteiger partial charge >= 0.3 is 194 Å². The first-order chi connectivity index (χ1) is 15.4. The zero-order chi connectivity index (χ0) is 21.9. The predicted molar refractivity (Wildman–Crippen MR) is 154 cm³/mol. The van der Waals surface area contributed by atoms with E-state index in [1.165, 1.54) is 33.0 Å². The Hall–Kier alpha value is -1.70. The molecule has 0 saturated carbocycles. The van der Waals surface area contributed by atoms with E-state index in [1.54, 1.807) is 11.1 Å². The Bertz CT molecular complexity index is 1520. The van der Waals surface area contributed by atoms with Gasteiger partial charge in [0.05, 0.1) is 0 Å². The Labute approximate surface area is 217 Å². The van der Waals surface area contributed by atoms with E-state index in [9.17, 15) is 0 Å². The molecule has 34 heavy (non-hydrogen) atoms. The van der Waals surface area contributed by atoms with Crippen molar-refractivity contribution < 1.29 is 17.4 Å². The SMILES string of the molecule is Cl.Cl.[CH3][Zr]([CH3])(=[SiH2])([CH]1C=Cc2ccccc21)[CH]1C=Cc2c(-c3cccc4ccccc34)cccc21. The van der Waals surface area contributed by atoms with Crippen molar-refractivity contribution in [3.05, 3.63) is 119 Å². The van der Waals surface area contributed by atoms with Gasteiger partial charge in [-0.1, -0.05) is 0 Å². The summed E-state index contributed by atoms with van der Waals surface area (Å²) < 4.78 is 6.49. The number of hydrogen-bond acceptors (Lipinski definition) is 0. The van der Waals surface area contributed by atoms with Crippen molar-refractivity contribution in [3.8, 4) is 11.1 Å². The van der Waals surface area contributed by atoms with Crippen LogP contribution in [0, 0.1) is 0 Å². The van der Waals surface area contributed by atoms with Crippen LogP contribution in [0.15, 0.2) is 97.1 Å². The number of hydrogen-bond donors (Lipinski definition) is 0. The zero-order valence-electron chi connectivity index (χ0n) is 19.6. The monoisotopic (exact) mass is 578 g/mol. The van der Waals surface area contributed by atoms with Gasteiger partial charge in [0.25, 0.3) is 0 Å². The van der Waals surface area contributed by atoms with E-state index in [2.05, 4.69) is 125 Å². The first kappa shape index (κ1) is 25.4. The van der Waals surface area contributed by atoms with Gasteiger partial charge in [0, 0.05) is 0 Å². The molecular formula is C30H30Cl2SiZr. The Morgan fingerprint density at radius 3 is 2.06 bits per heavy atom. The van der Waals surface area contributed by atoms with Gasteiger partial charge < -0.3 is 0 Å². The van der Waals surface area contributed by atoms with Crippen LogP contribution in [0.2, 0.25) is 9.26 Å². The molecule has 0 aliphatic heterocycles. The second-order valence-corrected chi connectivity index (χ2v) is 41.3. The summed E-state index contributed by atoms with van der Waals surface area (Å²) in [6.07, 6.45) is 9.85. The number of rotatable bonds is 3. The predicted octanol–water partition coefficient (Wildman–Crippen LogP) is 8.52. The van der Waals surface area contributed by atoms with Crippen LogP contribution in [0.25, 0.3) is 34.1 Å². The molecule has 2 aliphatic rings. The van der Waals surface area contributed by atoms with Gasteiger partial charge in [-0.15, -0.1) is 24.8 Å². The number of benzene rings is 4. The van der Waals surface area contributed by atoms with Crippen molar-refractivity contribution in [2.75, 3.05) is 0 Å². The summed E-state index contributed by atoms with van der Waals surface area (Å²) in [5, 5.41) is 2.64. The molecule has 4 heteroatoms. The topological polar surface area (TPSA) is 0 Å². The molecule has 0 spiro atoms. The molecule has 2 atom stereocenters. The van der Waals surface area contributed by atoms with Crippen LogP contribution < -0.4 is 0 Å². The van der Waals surface area contributed by atoms with E-state index in [0.717, 1.165) is 0 Å². The van der Waals surface area contributed by atoms with Crippen molar-refractivity contribution in [1.29, 1.82) is 0 Å². The van der Waals surface area contributed by atoms with Gasteiger partial charge in [-0.25, -0.2) is 0 Å². The van der Waals surface area contributed by atoms with Gasteiger partial charge in [0.2, 0.25) is 0 Å². The molecular weight excluding hydrogens is 551 g/mol. The Kier molecular flexibility index (Phi) is 6.77. The molecule has 0 radical (unpaired) electrons. The van der Waals surface area contributed by atoms with Crippen molar-refractivity contribution in [3.63, 3.8) is 0 Å². The average Bonchev–Trinajstić information content (AvgIpc) is 3.44. The van der Waals surface area contributed by atoms with Gasteiger partial charge in [-0.3, -0.25) is 0 Å². The van der Waals surface area contributed by atoms with Crippen molar-refractivity contribution in [2.24, 2.45) is 0 Å². The minimum absolute atomic E-state index is 0. The molecule has 0 aromatic heterocycles. The third kappa shape index (κ3) is 3.84. The fourth-order valence-corrected chi connectivity index (χ4v) is 21.2. The summed E-state index contributed by atoms with van der Waals surface area (Å²) in [7, 11) is 0. The molecule has 0 bridgehead atoms. The molecule has 172 valence electrons. The summed E-state index contributed by atoms with van der Waals surface area (Å²) in [5.74, 6) is 0. The number of halogens is 2. The molecule has 4 aromatic carbocycles. The Morgan fingerprint density at radius 2 is 1.21 bits per heavy atom. The second kappa shape index (κ2) is 9.07. The molecule has 2 unspecified atom stereocenters. The molecule has 0 heterocycles. The fraction of sp³-hybridized carbons (Fsp3) is 0.133. The number of allylic oxidation sites excluding steroid dienone is 2. The summed E-state index contributed by atoms with van der Waals surface area (Å²) in [6, 6.07) is 31.4. The van der Waals surface area contributed by atoms with Crippen LogP contribution in [0.5, 0.6) is 0 Å². The van der Waals surface area contributed by atoms with E-state index < -0.39 is 17.4 Å². The van der Waals surface area contributed by atoms with Crippen LogP contribution in [0.4, 0.5) is 0 Å². The first-order valence-electron chi connectivity index (χ1n) is 11.6. The van der Waals surface area contributed by atoms with Crippen molar-refractivity contribution in [1.82, 2.24) is 0 Å². The van der Waals surface area contributed by atoms with E-state index >= 15 is 0 Å². The first-order valence-corrected chi connectivity index (χ1v) is 25.2. The quantitative estimate of drug-likeness (QED) is 0.213. The third-order valence-corrected chi connectivity index (χ3v) is 25.6. The maximum atomic E-state index is 2.67. The van der Waals surface area contributed by atoms with Crippen LogP contribution in [-0.2, 0) is 17.4 Å². The van der Waals surface area contributed by atoms with Crippen LogP contribution in [0.3, 0.4) is 0 Å². The van der Waals surface area contributed by atoms with E-state index in [4.69, 9.17) is 0 Å². The molecule has 0 fully saturated rings. The summed E-state index contributed by atoms with van der Waals surface area (Å²) in [4.78, 5) is 0.